The van der Waals surface area contributed by atoms with Crippen molar-refractivity contribution in [1.29, 1.82) is 0 Å². The molecule has 0 aromatic heterocycles. The average Bonchev–Trinajstić information content (AvgIpc) is 2.89. The van der Waals surface area contributed by atoms with Gasteiger partial charge in [0, 0.05) is 18.7 Å². The SMILES string of the molecule is COc1cc(C(=O)N2CCC(C)(CN)C2)ccc1OC(C)C.Cl. The summed E-state index contributed by atoms with van der Waals surface area (Å²) in [6.45, 7) is 8.09. The molecule has 1 unspecified atom stereocenters. The van der Waals surface area contributed by atoms with Crippen molar-refractivity contribution < 1.29 is 14.3 Å². The van der Waals surface area contributed by atoms with Crippen LogP contribution in [-0.4, -0.2) is 43.7 Å². The lowest BCUT2D eigenvalue weighted by Crippen LogP contribution is -2.34. The Bertz CT molecular complexity index is 551. The quantitative estimate of drug-likeness (QED) is 0.893. The second-order valence-corrected chi connectivity index (χ2v) is 6.52. The Balaban J connectivity index is 0.00000264. The van der Waals surface area contributed by atoms with Gasteiger partial charge in [-0.3, -0.25) is 4.79 Å². The highest BCUT2D eigenvalue weighted by molar-refractivity contribution is 5.95. The maximum atomic E-state index is 12.6. The standard InChI is InChI=1S/C17H26N2O3.ClH/c1-12(2)22-14-6-5-13(9-15(14)21-4)16(20)19-8-7-17(3,10-18)11-19;/h5-6,9,12H,7-8,10-11,18H2,1-4H3;1H. The number of benzene rings is 1. The second-order valence-electron chi connectivity index (χ2n) is 6.52. The zero-order valence-electron chi connectivity index (χ0n) is 14.3. The van der Waals surface area contributed by atoms with Gasteiger partial charge in [-0.2, -0.15) is 0 Å². The Kier molecular flexibility index (Phi) is 6.71. The molecule has 1 saturated heterocycles. The minimum Gasteiger partial charge on any atom is -0.493 e. The number of likely N-dealkylation sites (tertiary alicyclic amines) is 1. The van der Waals surface area contributed by atoms with Crippen LogP contribution >= 0.6 is 12.4 Å². The molecule has 0 aliphatic carbocycles. The van der Waals surface area contributed by atoms with Crippen molar-refractivity contribution in [2.24, 2.45) is 11.1 Å². The first-order valence-corrected chi connectivity index (χ1v) is 7.72. The summed E-state index contributed by atoms with van der Waals surface area (Å²) in [5, 5.41) is 0. The summed E-state index contributed by atoms with van der Waals surface area (Å²) in [5.74, 6) is 1.26. The Labute approximate surface area is 144 Å². The largest absolute Gasteiger partial charge is 0.493 e. The third kappa shape index (κ3) is 4.52. The molecule has 1 aromatic rings. The molecule has 1 aromatic carbocycles. The van der Waals surface area contributed by atoms with Crippen LogP contribution in [0.15, 0.2) is 18.2 Å². The van der Waals surface area contributed by atoms with Gasteiger partial charge < -0.3 is 20.1 Å². The highest BCUT2D eigenvalue weighted by atomic mass is 35.5. The summed E-state index contributed by atoms with van der Waals surface area (Å²) in [6, 6.07) is 5.34. The maximum absolute atomic E-state index is 12.6. The van der Waals surface area contributed by atoms with E-state index in [2.05, 4.69) is 6.92 Å². The van der Waals surface area contributed by atoms with Gasteiger partial charge >= 0.3 is 0 Å². The van der Waals surface area contributed by atoms with E-state index < -0.39 is 0 Å². The molecule has 130 valence electrons. The Hall–Kier alpha value is -1.46. The predicted octanol–water partition coefficient (Wildman–Crippen LogP) is 2.72. The zero-order chi connectivity index (χ0) is 16.3. The minimum absolute atomic E-state index is 0. The third-order valence-corrected chi connectivity index (χ3v) is 4.11. The summed E-state index contributed by atoms with van der Waals surface area (Å²) in [7, 11) is 1.58. The zero-order valence-corrected chi connectivity index (χ0v) is 15.1. The molecule has 1 heterocycles. The summed E-state index contributed by atoms with van der Waals surface area (Å²) in [5.41, 5.74) is 6.45. The number of hydrogen-bond acceptors (Lipinski definition) is 4. The van der Waals surface area contributed by atoms with E-state index in [4.69, 9.17) is 15.2 Å². The lowest BCUT2D eigenvalue weighted by Gasteiger charge is -2.23. The van der Waals surface area contributed by atoms with Gasteiger partial charge in [-0.25, -0.2) is 0 Å². The van der Waals surface area contributed by atoms with Crippen LogP contribution in [0.1, 0.15) is 37.6 Å². The molecule has 2 N–H and O–H groups in total. The van der Waals surface area contributed by atoms with Gasteiger partial charge in [-0.15, -0.1) is 12.4 Å². The van der Waals surface area contributed by atoms with Gasteiger partial charge in [-0.05, 0) is 50.4 Å². The van der Waals surface area contributed by atoms with Crippen LogP contribution in [0.4, 0.5) is 0 Å². The Morgan fingerprint density at radius 1 is 1.39 bits per heavy atom. The molecule has 0 spiro atoms. The van der Waals surface area contributed by atoms with Crippen molar-refractivity contribution in [3.05, 3.63) is 23.8 Å². The van der Waals surface area contributed by atoms with E-state index in [1.54, 1.807) is 25.3 Å². The second kappa shape index (κ2) is 7.88. The number of methoxy groups -OCH3 is 1. The number of amides is 1. The van der Waals surface area contributed by atoms with Gasteiger partial charge in [0.1, 0.15) is 0 Å². The van der Waals surface area contributed by atoms with Gasteiger partial charge in [0.15, 0.2) is 11.5 Å². The fraction of sp³-hybridized carbons (Fsp3) is 0.588. The van der Waals surface area contributed by atoms with Gasteiger partial charge in [0.25, 0.3) is 5.91 Å². The van der Waals surface area contributed by atoms with Crippen molar-refractivity contribution >= 4 is 18.3 Å². The molecule has 2 rings (SSSR count). The fourth-order valence-corrected chi connectivity index (χ4v) is 2.70. The lowest BCUT2D eigenvalue weighted by atomic mass is 9.90. The molecule has 1 atom stereocenters. The number of nitrogens with zero attached hydrogens (tertiary/aromatic N) is 1. The van der Waals surface area contributed by atoms with E-state index in [-0.39, 0.29) is 29.8 Å². The van der Waals surface area contributed by atoms with Crippen LogP contribution in [0.5, 0.6) is 11.5 Å². The monoisotopic (exact) mass is 342 g/mol. The van der Waals surface area contributed by atoms with Crippen LogP contribution in [0, 0.1) is 5.41 Å². The van der Waals surface area contributed by atoms with Crippen molar-refractivity contribution in [2.45, 2.75) is 33.3 Å². The molecule has 1 aliphatic rings. The molecule has 23 heavy (non-hydrogen) atoms. The van der Waals surface area contributed by atoms with Crippen molar-refractivity contribution in [1.82, 2.24) is 4.90 Å². The highest BCUT2D eigenvalue weighted by Gasteiger charge is 2.35. The van der Waals surface area contributed by atoms with Crippen molar-refractivity contribution in [2.75, 3.05) is 26.7 Å². The average molecular weight is 343 g/mol. The molecule has 1 aliphatic heterocycles. The van der Waals surface area contributed by atoms with E-state index in [0.29, 0.717) is 30.2 Å². The number of halogens is 1. The smallest absolute Gasteiger partial charge is 0.254 e. The highest BCUT2D eigenvalue weighted by Crippen LogP contribution is 2.32. The number of nitrogens with two attached hydrogens (primary N) is 1. The number of rotatable bonds is 5. The summed E-state index contributed by atoms with van der Waals surface area (Å²) >= 11 is 0. The first-order chi connectivity index (χ1) is 10.4. The molecular formula is C17H27ClN2O3. The summed E-state index contributed by atoms with van der Waals surface area (Å²) in [4.78, 5) is 14.5. The molecule has 5 nitrogen and oxygen atoms in total. The van der Waals surface area contributed by atoms with E-state index >= 15 is 0 Å². The fourth-order valence-electron chi connectivity index (χ4n) is 2.70. The van der Waals surface area contributed by atoms with Crippen LogP contribution < -0.4 is 15.2 Å². The summed E-state index contributed by atoms with van der Waals surface area (Å²) < 4.78 is 11.0. The molecule has 0 saturated carbocycles. The van der Waals surface area contributed by atoms with Crippen LogP contribution in [0.3, 0.4) is 0 Å². The Morgan fingerprint density at radius 3 is 2.61 bits per heavy atom. The number of ether oxygens (including phenoxy) is 2. The molecule has 1 amide bonds. The van der Waals surface area contributed by atoms with E-state index in [1.165, 1.54) is 0 Å². The van der Waals surface area contributed by atoms with Crippen LogP contribution in [0.2, 0.25) is 0 Å². The maximum Gasteiger partial charge on any atom is 0.254 e. The van der Waals surface area contributed by atoms with E-state index in [9.17, 15) is 4.79 Å². The van der Waals surface area contributed by atoms with Crippen molar-refractivity contribution in [3.8, 4) is 11.5 Å². The first-order valence-electron chi connectivity index (χ1n) is 7.72. The van der Waals surface area contributed by atoms with Crippen LogP contribution in [0.25, 0.3) is 0 Å². The lowest BCUT2D eigenvalue weighted by molar-refractivity contribution is 0.0776. The summed E-state index contributed by atoms with van der Waals surface area (Å²) in [6.07, 6.45) is 1.00. The molecule has 6 heteroatoms. The third-order valence-electron chi connectivity index (χ3n) is 4.11. The molecule has 1 fully saturated rings. The Morgan fingerprint density at radius 2 is 2.09 bits per heavy atom. The normalized spacial score (nSPS) is 20.3. The molecule has 0 radical (unpaired) electrons. The van der Waals surface area contributed by atoms with Crippen molar-refractivity contribution in [3.63, 3.8) is 0 Å². The predicted molar refractivity (Wildman–Crippen MR) is 93.7 cm³/mol. The first kappa shape index (κ1) is 19.6. The topological polar surface area (TPSA) is 64.8 Å². The number of carbonyl (C=O) groups excluding carboxylic acids is 1. The molecular weight excluding hydrogens is 316 g/mol. The van der Waals surface area contributed by atoms with E-state index in [0.717, 1.165) is 13.0 Å². The van der Waals surface area contributed by atoms with Gasteiger partial charge in [0.2, 0.25) is 0 Å². The minimum atomic E-state index is 0. The number of hydrogen-bond donors (Lipinski definition) is 1. The van der Waals surface area contributed by atoms with Gasteiger partial charge in [0.05, 0.1) is 13.2 Å². The number of carbonyl (C=O) groups is 1. The molecule has 0 bridgehead atoms. The van der Waals surface area contributed by atoms with Gasteiger partial charge in [-0.1, -0.05) is 6.92 Å². The van der Waals surface area contributed by atoms with E-state index in [1.807, 2.05) is 18.7 Å². The van der Waals surface area contributed by atoms with Crippen LogP contribution in [-0.2, 0) is 0 Å².